The summed E-state index contributed by atoms with van der Waals surface area (Å²) in [6, 6.07) is -1.22. The first kappa shape index (κ1) is 16.4. The maximum absolute atomic E-state index is 11.4. The van der Waals surface area contributed by atoms with E-state index in [1.54, 1.807) is 0 Å². The average Bonchev–Trinajstić information content (AvgIpc) is 2.27. The Labute approximate surface area is 107 Å². The normalized spacial score (nSPS) is 11.8. The van der Waals surface area contributed by atoms with E-state index in [2.05, 4.69) is 12.2 Å². The number of hydrogen-bond acceptors (Lipinski definition) is 3. The second-order valence-corrected chi connectivity index (χ2v) is 4.29. The summed E-state index contributed by atoms with van der Waals surface area (Å²) in [6.07, 6.45) is 4.94. The van der Waals surface area contributed by atoms with Crippen molar-refractivity contribution in [1.82, 2.24) is 5.32 Å². The van der Waals surface area contributed by atoms with E-state index in [-0.39, 0.29) is 18.7 Å². The number of carbonyl (C=O) groups excluding carboxylic acids is 2. The highest BCUT2D eigenvalue weighted by molar-refractivity contribution is 5.88. The van der Waals surface area contributed by atoms with E-state index in [0.29, 0.717) is 0 Å². The number of primary amides is 1. The Morgan fingerprint density at radius 3 is 2.28 bits per heavy atom. The first-order valence-corrected chi connectivity index (χ1v) is 6.27. The third-order valence-corrected chi connectivity index (χ3v) is 2.55. The van der Waals surface area contributed by atoms with Gasteiger partial charge in [-0.05, 0) is 6.42 Å². The summed E-state index contributed by atoms with van der Waals surface area (Å²) >= 11 is 0. The summed E-state index contributed by atoms with van der Waals surface area (Å²) < 4.78 is 0. The number of carboxylic acids is 1. The molecule has 0 heterocycles. The molecular formula is C12H22N2O4. The zero-order valence-electron chi connectivity index (χ0n) is 10.8. The minimum Gasteiger partial charge on any atom is -0.480 e. The molecule has 0 aromatic carbocycles. The summed E-state index contributed by atoms with van der Waals surface area (Å²) in [6.45, 7) is 2.11. The lowest BCUT2D eigenvalue weighted by atomic mass is 10.1. The van der Waals surface area contributed by atoms with Gasteiger partial charge in [0.2, 0.25) is 11.8 Å². The van der Waals surface area contributed by atoms with Crippen LogP contribution in [0.3, 0.4) is 0 Å². The van der Waals surface area contributed by atoms with Crippen LogP contribution in [-0.4, -0.2) is 28.9 Å². The number of carbonyl (C=O) groups is 3. The van der Waals surface area contributed by atoms with Crippen molar-refractivity contribution in [3.05, 3.63) is 0 Å². The molecule has 2 amide bonds. The number of amides is 2. The Hall–Kier alpha value is -1.59. The fourth-order valence-electron chi connectivity index (χ4n) is 1.56. The number of aliphatic carboxylic acids is 1. The van der Waals surface area contributed by atoms with E-state index in [0.717, 1.165) is 32.1 Å². The van der Waals surface area contributed by atoms with Crippen LogP contribution in [0.5, 0.6) is 0 Å². The third kappa shape index (κ3) is 8.55. The third-order valence-electron chi connectivity index (χ3n) is 2.55. The van der Waals surface area contributed by atoms with Gasteiger partial charge in [-0.1, -0.05) is 32.6 Å². The van der Waals surface area contributed by atoms with Crippen molar-refractivity contribution < 1.29 is 19.5 Å². The molecule has 0 bridgehead atoms. The van der Waals surface area contributed by atoms with Crippen LogP contribution in [0.1, 0.15) is 51.9 Å². The molecule has 0 aliphatic heterocycles. The number of carboxylic acid groups (broad SMARTS) is 1. The zero-order chi connectivity index (χ0) is 14.0. The Kier molecular flexibility index (Phi) is 8.61. The van der Waals surface area contributed by atoms with Gasteiger partial charge in [0.25, 0.3) is 0 Å². The molecule has 0 aromatic rings. The number of hydrogen-bond donors (Lipinski definition) is 3. The predicted molar refractivity (Wildman–Crippen MR) is 66.8 cm³/mol. The number of unbranched alkanes of at least 4 members (excludes halogenated alkanes) is 4. The summed E-state index contributed by atoms with van der Waals surface area (Å²) in [7, 11) is 0. The molecule has 0 saturated carbocycles. The molecule has 18 heavy (non-hydrogen) atoms. The predicted octanol–water partition coefficient (Wildman–Crippen LogP) is 0.792. The average molecular weight is 258 g/mol. The fraction of sp³-hybridized carbons (Fsp3) is 0.750. The number of nitrogens with two attached hydrogens (primary N) is 1. The van der Waals surface area contributed by atoms with Gasteiger partial charge in [0, 0.05) is 6.42 Å². The van der Waals surface area contributed by atoms with Crippen molar-refractivity contribution in [3.63, 3.8) is 0 Å². The molecule has 0 fully saturated rings. The van der Waals surface area contributed by atoms with Gasteiger partial charge in [0.1, 0.15) is 6.04 Å². The maximum atomic E-state index is 11.4. The highest BCUT2D eigenvalue weighted by Crippen LogP contribution is 2.05. The zero-order valence-corrected chi connectivity index (χ0v) is 10.8. The monoisotopic (exact) mass is 258 g/mol. The SMILES string of the molecule is CCCCCCCC(=O)N[C@@H](CC(N)=O)C(=O)O. The smallest absolute Gasteiger partial charge is 0.326 e. The van der Waals surface area contributed by atoms with Gasteiger partial charge >= 0.3 is 5.97 Å². The van der Waals surface area contributed by atoms with Crippen LogP contribution in [-0.2, 0) is 14.4 Å². The van der Waals surface area contributed by atoms with Crippen LogP contribution in [0, 0.1) is 0 Å². The van der Waals surface area contributed by atoms with Gasteiger partial charge < -0.3 is 16.2 Å². The van der Waals surface area contributed by atoms with Crippen molar-refractivity contribution in [2.24, 2.45) is 5.73 Å². The standard InChI is InChI=1S/C12H22N2O4/c1-2-3-4-5-6-7-11(16)14-9(12(17)18)8-10(13)15/h9H,2-8H2,1H3,(H2,13,15)(H,14,16)(H,17,18)/t9-/m0/s1. The summed E-state index contributed by atoms with van der Waals surface area (Å²) in [4.78, 5) is 32.8. The molecule has 0 aromatic heterocycles. The molecule has 0 spiro atoms. The topological polar surface area (TPSA) is 109 Å². The minimum atomic E-state index is -1.24. The molecule has 4 N–H and O–H groups in total. The highest BCUT2D eigenvalue weighted by atomic mass is 16.4. The van der Waals surface area contributed by atoms with E-state index in [1.807, 2.05) is 0 Å². The molecule has 1 atom stereocenters. The van der Waals surface area contributed by atoms with Crippen LogP contribution in [0.2, 0.25) is 0 Å². The Morgan fingerprint density at radius 2 is 1.78 bits per heavy atom. The van der Waals surface area contributed by atoms with Crippen molar-refractivity contribution in [1.29, 1.82) is 0 Å². The van der Waals surface area contributed by atoms with Crippen LogP contribution in [0.4, 0.5) is 0 Å². The van der Waals surface area contributed by atoms with Crippen LogP contribution >= 0.6 is 0 Å². The first-order chi connectivity index (χ1) is 8.47. The maximum Gasteiger partial charge on any atom is 0.326 e. The molecule has 104 valence electrons. The highest BCUT2D eigenvalue weighted by Gasteiger charge is 2.21. The molecule has 0 aliphatic carbocycles. The molecule has 0 radical (unpaired) electrons. The van der Waals surface area contributed by atoms with E-state index in [4.69, 9.17) is 10.8 Å². The molecule has 0 rings (SSSR count). The first-order valence-electron chi connectivity index (χ1n) is 6.27. The van der Waals surface area contributed by atoms with E-state index >= 15 is 0 Å². The van der Waals surface area contributed by atoms with Crippen molar-refractivity contribution in [3.8, 4) is 0 Å². The minimum absolute atomic E-state index is 0.284. The lowest BCUT2D eigenvalue weighted by Crippen LogP contribution is -2.43. The molecule has 6 heteroatoms. The molecule has 0 aliphatic rings. The van der Waals surface area contributed by atoms with Gasteiger partial charge in [-0.2, -0.15) is 0 Å². The number of nitrogens with one attached hydrogen (secondary N) is 1. The van der Waals surface area contributed by atoms with Crippen molar-refractivity contribution >= 4 is 17.8 Å². The van der Waals surface area contributed by atoms with Crippen LogP contribution < -0.4 is 11.1 Å². The van der Waals surface area contributed by atoms with E-state index in [1.165, 1.54) is 0 Å². The van der Waals surface area contributed by atoms with Crippen LogP contribution in [0.15, 0.2) is 0 Å². The van der Waals surface area contributed by atoms with Gasteiger partial charge in [-0.25, -0.2) is 4.79 Å². The Bertz CT molecular complexity index is 292. The molecular weight excluding hydrogens is 236 g/mol. The summed E-state index contributed by atoms with van der Waals surface area (Å²) in [5, 5.41) is 11.1. The molecule has 0 unspecified atom stereocenters. The molecule has 6 nitrogen and oxygen atoms in total. The van der Waals surface area contributed by atoms with Gasteiger partial charge in [-0.15, -0.1) is 0 Å². The second-order valence-electron chi connectivity index (χ2n) is 4.29. The van der Waals surface area contributed by atoms with Gasteiger partial charge in [0.05, 0.1) is 6.42 Å². The van der Waals surface area contributed by atoms with Crippen molar-refractivity contribution in [2.45, 2.75) is 57.9 Å². The lowest BCUT2D eigenvalue weighted by Gasteiger charge is -2.12. The quantitative estimate of drug-likeness (QED) is 0.503. The fourth-order valence-corrected chi connectivity index (χ4v) is 1.56. The van der Waals surface area contributed by atoms with Gasteiger partial charge in [-0.3, -0.25) is 9.59 Å². The Balaban J connectivity index is 3.88. The van der Waals surface area contributed by atoms with Crippen LogP contribution in [0.25, 0.3) is 0 Å². The number of rotatable bonds is 10. The second kappa shape index (κ2) is 9.44. The summed E-state index contributed by atoms with van der Waals surface area (Å²) in [5.74, 6) is -2.33. The molecule has 0 saturated heterocycles. The van der Waals surface area contributed by atoms with E-state index < -0.39 is 17.9 Å². The van der Waals surface area contributed by atoms with E-state index in [9.17, 15) is 14.4 Å². The van der Waals surface area contributed by atoms with Crippen molar-refractivity contribution in [2.75, 3.05) is 0 Å². The summed E-state index contributed by atoms with van der Waals surface area (Å²) in [5.41, 5.74) is 4.91. The largest absolute Gasteiger partial charge is 0.480 e. The Morgan fingerprint density at radius 1 is 1.17 bits per heavy atom. The van der Waals surface area contributed by atoms with Gasteiger partial charge in [0.15, 0.2) is 0 Å². The lowest BCUT2D eigenvalue weighted by molar-refractivity contribution is -0.143.